The van der Waals surface area contributed by atoms with Crippen molar-refractivity contribution in [3.8, 4) is 23.0 Å². The highest BCUT2D eigenvalue weighted by Gasteiger charge is 2.25. The number of hydrogen-bond acceptors (Lipinski definition) is 7. The molecular formula is C27H30ClN5O4S. The molecule has 0 unspecified atom stereocenters. The zero-order valence-electron chi connectivity index (χ0n) is 21.9. The second-order valence-electron chi connectivity index (χ2n) is 9.76. The fourth-order valence-electron chi connectivity index (χ4n) is 3.68. The number of halogens is 1. The van der Waals surface area contributed by atoms with Gasteiger partial charge < -0.3 is 9.47 Å². The summed E-state index contributed by atoms with van der Waals surface area (Å²) in [7, 11) is -2.25. The Morgan fingerprint density at radius 3 is 2.26 bits per heavy atom. The molecule has 0 saturated carbocycles. The Kier molecular flexibility index (Phi) is 7.94. The van der Waals surface area contributed by atoms with Crippen molar-refractivity contribution in [3.05, 3.63) is 77.1 Å². The van der Waals surface area contributed by atoms with E-state index in [4.69, 9.17) is 21.1 Å². The van der Waals surface area contributed by atoms with E-state index in [1.807, 2.05) is 43.3 Å². The highest BCUT2D eigenvalue weighted by Crippen LogP contribution is 2.38. The first-order valence-corrected chi connectivity index (χ1v) is 13.8. The molecule has 2 aromatic heterocycles. The van der Waals surface area contributed by atoms with Crippen LogP contribution >= 0.6 is 11.6 Å². The summed E-state index contributed by atoms with van der Waals surface area (Å²) in [6.45, 7) is 8.45. The average Bonchev–Trinajstić information content (AvgIpc) is 3.16. The summed E-state index contributed by atoms with van der Waals surface area (Å²) in [5.74, 6) is 0.538. The van der Waals surface area contributed by atoms with Gasteiger partial charge in [0.15, 0.2) is 0 Å². The van der Waals surface area contributed by atoms with Gasteiger partial charge in [-0.05, 0) is 41.7 Å². The maximum atomic E-state index is 13.4. The molecule has 1 N–H and O–H groups in total. The lowest BCUT2D eigenvalue weighted by Crippen LogP contribution is -2.17. The van der Waals surface area contributed by atoms with Gasteiger partial charge in [-0.15, -0.1) is 5.10 Å². The molecular weight excluding hydrogens is 526 g/mol. The van der Waals surface area contributed by atoms with Gasteiger partial charge in [0, 0.05) is 13.2 Å². The summed E-state index contributed by atoms with van der Waals surface area (Å²) in [6.07, 6.45) is 1.49. The fraction of sp³-hybridized carbons (Fsp3) is 0.296. The third-order valence-corrected chi connectivity index (χ3v) is 7.34. The summed E-state index contributed by atoms with van der Waals surface area (Å²) in [5.41, 5.74) is 3.28. The van der Waals surface area contributed by atoms with Crippen molar-refractivity contribution in [2.45, 2.75) is 38.0 Å². The molecule has 38 heavy (non-hydrogen) atoms. The van der Waals surface area contributed by atoms with Crippen molar-refractivity contribution in [1.29, 1.82) is 0 Å². The minimum atomic E-state index is -3.91. The van der Waals surface area contributed by atoms with Crippen LogP contribution in [-0.4, -0.2) is 41.4 Å². The molecule has 0 aliphatic heterocycles. The molecule has 2 heterocycles. The van der Waals surface area contributed by atoms with E-state index >= 15 is 0 Å². The first-order valence-electron chi connectivity index (χ1n) is 12.0. The van der Waals surface area contributed by atoms with Gasteiger partial charge in [-0.1, -0.05) is 74.3 Å². The van der Waals surface area contributed by atoms with Gasteiger partial charge in [0.1, 0.15) is 24.2 Å². The molecule has 0 aliphatic carbocycles. The van der Waals surface area contributed by atoms with Crippen molar-refractivity contribution in [2.24, 2.45) is 7.05 Å². The first-order chi connectivity index (χ1) is 17.9. The van der Waals surface area contributed by atoms with E-state index in [1.165, 1.54) is 10.9 Å². The van der Waals surface area contributed by atoms with Gasteiger partial charge in [-0.25, -0.2) is 18.1 Å². The second-order valence-corrected chi connectivity index (χ2v) is 11.8. The van der Waals surface area contributed by atoms with Gasteiger partial charge in [-0.2, -0.15) is 4.98 Å². The van der Waals surface area contributed by atoms with Crippen LogP contribution in [0.5, 0.6) is 11.9 Å². The smallest absolute Gasteiger partial charge is 0.317 e. The molecule has 0 amide bonds. The maximum Gasteiger partial charge on any atom is 0.317 e. The number of anilines is 1. The standard InChI is InChI=1S/C27H30ClN5O4S/c1-18-6-8-19(9-7-18)23-24(32-38(34,35)21-12-10-20(11-13-21)27(2,3)4)33(5)31-25(23)36-16-17-37-26-29-15-14-22(28)30-26/h6-15,32H,16-17H2,1-5H3. The molecule has 0 spiro atoms. The van der Waals surface area contributed by atoms with Crippen molar-refractivity contribution in [1.82, 2.24) is 19.7 Å². The number of nitrogens with zero attached hydrogens (tertiary/aromatic N) is 4. The quantitative estimate of drug-likeness (QED) is 0.218. The highest BCUT2D eigenvalue weighted by molar-refractivity contribution is 7.92. The fourth-order valence-corrected chi connectivity index (χ4v) is 4.91. The van der Waals surface area contributed by atoms with E-state index in [0.29, 0.717) is 5.56 Å². The number of hydrogen-bond donors (Lipinski definition) is 1. The Balaban J connectivity index is 1.61. The van der Waals surface area contributed by atoms with Crippen LogP contribution in [0.3, 0.4) is 0 Å². The van der Waals surface area contributed by atoms with E-state index in [1.54, 1.807) is 25.2 Å². The van der Waals surface area contributed by atoms with Crippen LogP contribution in [0, 0.1) is 6.92 Å². The zero-order valence-corrected chi connectivity index (χ0v) is 23.5. The zero-order chi connectivity index (χ0) is 27.5. The summed E-state index contributed by atoms with van der Waals surface area (Å²) in [5, 5.41) is 4.72. The SMILES string of the molecule is Cc1ccc(-c2c(OCCOc3nccc(Cl)n3)nn(C)c2NS(=O)(=O)c2ccc(C(C)(C)C)cc2)cc1. The van der Waals surface area contributed by atoms with Gasteiger partial charge >= 0.3 is 6.01 Å². The third-order valence-electron chi connectivity index (χ3n) is 5.77. The number of sulfonamides is 1. The summed E-state index contributed by atoms with van der Waals surface area (Å²) < 4.78 is 42.3. The lowest BCUT2D eigenvalue weighted by molar-refractivity contribution is 0.201. The second kappa shape index (κ2) is 11.0. The molecule has 4 rings (SSSR count). The Hall–Kier alpha value is -3.63. The van der Waals surface area contributed by atoms with Gasteiger partial charge in [0.05, 0.1) is 10.5 Å². The predicted molar refractivity (Wildman–Crippen MR) is 147 cm³/mol. The summed E-state index contributed by atoms with van der Waals surface area (Å²) in [4.78, 5) is 8.12. The minimum absolute atomic E-state index is 0.0920. The summed E-state index contributed by atoms with van der Waals surface area (Å²) in [6, 6.07) is 16.2. The van der Waals surface area contributed by atoms with E-state index in [-0.39, 0.29) is 46.4 Å². The van der Waals surface area contributed by atoms with E-state index in [0.717, 1.165) is 16.7 Å². The molecule has 0 radical (unpaired) electrons. The van der Waals surface area contributed by atoms with Crippen LogP contribution < -0.4 is 14.2 Å². The van der Waals surface area contributed by atoms with E-state index < -0.39 is 10.0 Å². The number of aromatic nitrogens is 4. The molecule has 0 saturated heterocycles. The van der Waals surface area contributed by atoms with Crippen LogP contribution in [0.4, 0.5) is 5.82 Å². The van der Waals surface area contributed by atoms with Gasteiger partial charge in [0.2, 0.25) is 5.88 Å². The lowest BCUT2D eigenvalue weighted by Gasteiger charge is -2.19. The van der Waals surface area contributed by atoms with E-state index in [2.05, 4.69) is 40.6 Å². The Bertz CT molecular complexity index is 1510. The first kappa shape index (κ1) is 27.4. The lowest BCUT2D eigenvalue weighted by atomic mass is 9.87. The molecule has 2 aromatic carbocycles. The Morgan fingerprint density at radius 2 is 1.63 bits per heavy atom. The van der Waals surface area contributed by atoms with Crippen LogP contribution in [0.2, 0.25) is 5.15 Å². The topological polar surface area (TPSA) is 108 Å². The van der Waals surface area contributed by atoms with Crippen molar-refractivity contribution < 1.29 is 17.9 Å². The van der Waals surface area contributed by atoms with Gasteiger partial charge in [-0.3, -0.25) is 4.72 Å². The monoisotopic (exact) mass is 555 g/mol. The third kappa shape index (κ3) is 6.43. The molecule has 9 nitrogen and oxygen atoms in total. The normalized spacial score (nSPS) is 11.8. The number of rotatable bonds is 9. The predicted octanol–water partition coefficient (Wildman–Crippen LogP) is 5.40. The maximum absolute atomic E-state index is 13.4. The van der Waals surface area contributed by atoms with Gasteiger partial charge in [0.25, 0.3) is 10.0 Å². The molecule has 200 valence electrons. The number of nitrogens with one attached hydrogen (secondary N) is 1. The Morgan fingerprint density at radius 1 is 0.974 bits per heavy atom. The minimum Gasteiger partial charge on any atom is -0.472 e. The van der Waals surface area contributed by atoms with Crippen LogP contribution in [0.25, 0.3) is 11.1 Å². The number of benzene rings is 2. The summed E-state index contributed by atoms with van der Waals surface area (Å²) >= 11 is 5.87. The molecule has 0 atom stereocenters. The number of ether oxygens (including phenoxy) is 2. The molecule has 0 fully saturated rings. The molecule has 4 aromatic rings. The average molecular weight is 556 g/mol. The van der Waals surface area contributed by atoms with Crippen LogP contribution in [0.15, 0.2) is 65.7 Å². The molecule has 0 aliphatic rings. The molecule has 0 bridgehead atoms. The van der Waals surface area contributed by atoms with Crippen molar-refractivity contribution in [3.63, 3.8) is 0 Å². The highest BCUT2D eigenvalue weighted by atomic mass is 35.5. The van der Waals surface area contributed by atoms with Crippen molar-refractivity contribution >= 4 is 27.4 Å². The largest absolute Gasteiger partial charge is 0.472 e. The van der Waals surface area contributed by atoms with E-state index in [9.17, 15) is 8.42 Å². The molecule has 11 heteroatoms. The van der Waals surface area contributed by atoms with Crippen LogP contribution in [-0.2, 0) is 22.5 Å². The van der Waals surface area contributed by atoms with Crippen molar-refractivity contribution in [2.75, 3.05) is 17.9 Å². The van der Waals surface area contributed by atoms with Crippen LogP contribution in [0.1, 0.15) is 31.9 Å². The Labute approximate surface area is 227 Å². The number of aryl methyl sites for hydroxylation is 2.